The van der Waals surface area contributed by atoms with Gasteiger partial charge in [-0.2, -0.15) is 0 Å². The Labute approximate surface area is 103 Å². The SMILES string of the molecule is CNC(=O)c1cc(NS(C)(=O)=O)c(Cl)cc1F. The van der Waals surface area contributed by atoms with Crippen LogP contribution in [0.5, 0.6) is 0 Å². The van der Waals surface area contributed by atoms with Gasteiger partial charge in [-0.15, -0.1) is 0 Å². The number of hydrogen-bond acceptors (Lipinski definition) is 3. The number of rotatable bonds is 3. The molecule has 0 saturated heterocycles. The van der Waals surface area contributed by atoms with E-state index in [1.807, 2.05) is 0 Å². The largest absolute Gasteiger partial charge is 0.355 e. The zero-order valence-corrected chi connectivity index (χ0v) is 10.6. The van der Waals surface area contributed by atoms with Crippen LogP contribution in [0.4, 0.5) is 10.1 Å². The molecule has 1 aromatic rings. The van der Waals surface area contributed by atoms with E-state index in [9.17, 15) is 17.6 Å². The molecule has 0 fully saturated rings. The summed E-state index contributed by atoms with van der Waals surface area (Å²) >= 11 is 5.66. The van der Waals surface area contributed by atoms with Crippen molar-refractivity contribution in [1.29, 1.82) is 0 Å². The normalized spacial score (nSPS) is 11.1. The van der Waals surface area contributed by atoms with E-state index in [2.05, 4.69) is 10.0 Å². The Morgan fingerprint density at radius 3 is 2.47 bits per heavy atom. The van der Waals surface area contributed by atoms with E-state index in [1.165, 1.54) is 7.05 Å². The topological polar surface area (TPSA) is 75.3 Å². The van der Waals surface area contributed by atoms with Crippen molar-refractivity contribution >= 4 is 33.2 Å². The highest BCUT2D eigenvalue weighted by Crippen LogP contribution is 2.26. The molecule has 0 aromatic heterocycles. The van der Waals surface area contributed by atoms with Crippen LogP contribution in [-0.4, -0.2) is 27.6 Å². The van der Waals surface area contributed by atoms with Gasteiger partial charge in [0.25, 0.3) is 5.91 Å². The zero-order chi connectivity index (χ0) is 13.2. The summed E-state index contributed by atoms with van der Waals surface area (Å²) in [6, 6.07) is 1.91. The minimum atomic E-state index is -3.55. The number of nitrogens with one attached hydrogen (secondary N) is 2. The molecule has 17 heavy (non-hydrogen) atoms. The molecule has 0 saturated carbocycles. The first-order valence-corrected chi connectivity index (χ1v) is 6.70. The van der Waals surface area contributed by atoms with Gasteiger partial charge < -0.3 is 5.32 Å². The Balaban J connectivity index is 3.29. The summed E-state index contributed by atoms with van der Waals surface area (Å²) in [5.41, 5.74) is -0.336. The first kappa shape index (κ1) is 13.7. The molecule has 0 aliphatic carbocycles. The number of anilines is 1. The maximum atomic E-state index is 13.4. The number of halogens is 2. The van der Waals surface area contributed by atoms with Crippen LogP contribution in [0.25, 0.3) is 0 Å². The molecule has 0 spiro atoms. The molecule has 0 bridgehead atoms. The zero-order valence-electron chi connectivity index (χ0n) is 9.04. The molecule has 5 nitrogen and oxygen atoms in total. The summed E-state index contributed by atoms with van der Waals surface area (Å²) in [4.78, 5) is 11.3. The first-order chi connectivity index (χ1) is 7.74. The van der Waals surface area contributed by atoms with Crippen molar-refractivity contribution in [2.75, 3.05) is 18.0 Å². The summed E-state index contributed by atoms with van der Waals surface area (Å²) in [7, 11) is -2.22. The Hall–Kier alpha value is -1.34. The van der Waals surface area contributed by atoms with Gasteiger partial charge >= 0.3 is 0 Å². The number of benzene rings is 1. The lowest BCUT2D eigenvalue weighted by Crippen LogP contribution is -2.20. The highest BCUT2D eigenvalue weighted by Gasteiger charge is 2.15. The summed E-state index contributed by atoms with van der Waals surface area (Å²) < 4.78 is 37.5. The summed E-state index contributed by atoms with van der Waals surface area (Å²) in [6.45, 7) is 0. The third kappa shape index (κ3) is 3.57. The van der Waals surface area contributed by atoms with E-state index >= 15 is 0 Å². The average molecular weight is 281 g/mol. The predicted molar refractivity (Wildman–Crippen MR) is 63.3 cm³/mol. The number of hydrogen-bond donors (Lipinski definition) is 2. The smallest absolute Gasteiger partial charge is 0.254 e. The lowest BCUT2D eigenvalue weighted by molar-refractivity contribution is 0.0959. The minimum Gasteiger partial charge on any atom is -0.355 e. The van der Waals surface area contributed by atoms with Crippen molar-refractivity contribution < 1.29 is 17.6 Å². The molecule has 1 amide bonds. The van der Waals surface area contributed by atoms with E-state index in [-0.39, 0.29) is 16.3 Å². The second-order valence-electron chi connectivity index (χ2n) is 3.27. The second kappa shape index (κ2) is 4.89. The fraction of sp³-hybridized carbons (Fsp3) is 0.222. The van der Waals surface area contributed by atoms with Crippen molar-refractivity contribution in [3.05, 3.63) is 28.5 Å². The molecule has 8 heteroatoms. The Morgan fingerprint density at radius 2 is 2.00 bits per heavy atom. The van der Waals surface area contributed by atoms with Gasteiger partial charge in [0.05, 0.1) is 22.5 Å². The molecule has 1 rings (SSSR count). The fourth-order valence-electron chi connectivity index (χ4n) is 1.14. The van der Waals surface area contributed by atoms with Crippen LogP contribution in [0.3, 0.4) is 0 Å². The predicted octanol–water partition coefficient (Wildman–Crippen LogP) is 1.21. The van der Waals surface area contributed by atoms with Crippen LogP contribution in [0.2, 0.25) is 5.02 Å². The van der Waals surface area contributed by atoms with Gasteiger partial charge in [-0.3, -0.25) is 9.52 Å². The monoisotopic (exact) mass is 280 g/mol. The standard InChI is InChI=1S/C9H10ClFN2O3S/c1-12-9(14)5-3-8(13-17(2,15)16)6(10)4-7(5)11/h3-4,13H,1-2H3,(H,12,14). The van der Waals surface area contributed by atoms with Gasteiger partial charge in [-0.25, -0.2) is 12.8 Å². The van der Waals surface area contributed by atoms with Crippen LogP contribution in [0.15, 0.2) is 12.1 Å². The average Bonchev–Trinajstić information content (AvgIpc) is 2.19. The van der Waals surface area contributed by atoms with Gasteiger partial charge in [-0.05, 0) is 12.1 Å². The molecule has 0 atom stereocenters. The second-order valence-corrected chi connectivity index (χ2v) is 5.42. The molecule has 0 heterocycles. The first-order valence-electron chi connectivity index (χ1n) is 4.43. The van der Waals surface area contributed by atoms with E-state index < -0.39 is 21.7 Å². The molecule has 94 valence electrons. The van der Waals surface area contributed by atoms with Crippen LogP contribution in [-0.2, 0) is 10.0 Å². The van der Waals surface area contributed by atoms with Crippen LogP contribution >= 0.6 is 11.6 Å². The van der Waals surface area contributed by atoms with Crippen LogP contribution in [0.1, 0.15) is 10.4 Å². The number of amides is 1. The van der Waals surface area contributed by atoms with Gasteiger partial charge in [-0.1, -0.05) is 11.6 Å². The number of carbonyl (C=O) groups is 1. The third-order valence-corrected chi connectivity index (χ3v) is 2.73. The number of carbonyl (C=O) groups excluding carboxylic acids is 1. The molecule has 0 radical (unpaired) electrons. The van der Waals surface area contributed by atoms with Gasteiger partial charge in [0.1, 0.15) is 5.82 Å². The third-order valence-electron chi connectivity index (χ3n) is 1.82. The Bertz CT molecular complexity index is 560. The van der Waals surface area contributed by atoms with E-state index in [1.54, 1.807) is 0 Å². The summed E-state index contributed by atoms with van der Waals surface area (Å²) in [6.07, 6.45) is 0.923. The highest BCUT2D eigenvalue weighted by atomic mass is 35.5. The number of sulfonamides is 1. The molecular formula is C9H10ClFN2O3S. The Kier molecular flexibility index (Phi) is 3.94. The van der Waals surface area contributed by atoms with E-state index in [4.69, 9.17) is 11.6 Å². The minimum absolute atomic E-state index is 0.0471. The van der Waals surface area contributed by atoms with Crippen molar-refractivity contribution in [1.82, 2.24) is 5.32 Å². The fourth-order valence-corrected chi connectivity index (χ4v) is 1.96. The van der Waals surface area contributed by atoms with Crippen molar-refractivity contribution in [3.63, 3.8) is 0 Å². The quantitative estimate of drug-likeness (QED) is 0.874. The Morgan fingerprint density at radius 1 is 1.41 bits per heavy atom. The molecule has 0 aliphatic rings. The maximum absolute atomic E-state index is 13.4. The molecule has 1 aromatic carbocycles. The highest BCUT2D eigenvalue weighted by molar-refractivity contribution is 7.92. The lowest BCUT2D eigenvalue weighted by atomic mass is 10.2. The van der Waals surface area contributed by atoms with E-state index in [0.717, 1.165) is 18.4 Å². The van der Waals surface area contributed by atoms with Gasteiger partial charge in [0.2, 0.25) is 10.0 Å². The van der Waals surface area contributed by atoms with Crippen LogP contribution in [0, 0.1) is 5.82 Å². The van der Waals surface area contributed by atoms with Gasteiger partial charge in [0.15, 0.2) is 0 Å². The maximum Gasteiger partial charge on any atom is 0.254 e. The van der Waals surface area contributed by atoms with Crippen LogP contribution < -0.4 is 10.0 Å². The summed E-state index contributed by atoms with van der Waals surface area (Å²) in [5, 5.41) is 2.11. The molecule has 2 N–H and O–H groups in total. The van der Waals surface area contributed by atoms with Gasteiger partial charge in [0, 0.05) is 7.05 Å². The lowest BCUT2D eigenvalue weighted by Gasteiger charge is -2.09. The molecular weight excluding hydrogens is 271 g/mol. The van der Waals surface area contributed by atoms with Crippen molar-refractivity contribution in [3.8, 4) is 0 Å². The van der Waals surface area contributed by atoms with Crippen molar-refractivity contribution in [2.45, 2.75) is 0 Å². The van der Waals surface area contributed by atoms with Crippen molar-refractivity contribution in [2.24, 2.45) is 0 Å². The van der Waals surface area contributed by atoms with E-state index in [0.29, 0.717) is 0 Å². The molecule has 0 unspecified atom stereocenters. The summed E-state index contributed by atoms with van der Waals surface area (Å²) in [5.74, 6) is -1.50. The molecule has 0 aliphatic heterocycles.